The Kier molecular flexibility index (Phi) is 6.05. The summed E-state index contributed by atoms with van der Waals surface area (Å²) in [5, 5.41) is 0. The second kappa shape index (κ2) is 7.33. The number of nitrogens with two attached hydrogens (primary N) is 1. The predicted molar refractivity (Wildman–Crippen MR) is 86.7 cm³/mol. The number of benzene rings is 1. The molecule has 5 nitrogen and oxygen atoms in total. The van der Waals surface area contributed by atoms with Crippen molar-refractivity contribution in [3.63, 3.8) is 0 Å². The van der Waals surface area contributed by atoms with E-state index >= 15 is 0 Å². The highest BCUT2D eigenvalue weighted by atomic mass is 35.5. The smallest absolute Gasteiger partial charge is 0.227 e. The van der Waals surface area contributed by atoms with Crippen LogP contribution >= 0.6 is 24.8 Å². The van der Waals surface area contributed by atoms with Crippen molar-refractivity contribution in [3.8, 4) is 0 Å². The Morgan fingerprint density at radius 2 is 1.90 bits per heavy atom. The number of hydrogen-bond acceptors (Lipinski definition) is 3. The first-order valence-electron chi connectivity index (χ1n) is 6.34. The molecule has 1 aromatic heterocycles. The Morgan fingerprint density at radius 3 is 2.62 bits per heavy atom. The second-order valence-electron chi connectivity index (χ2n) is 4.77. The molecular weight excluding hydrogens is 311 g/mol. The number of halogens is 2. The van der Waals surface area contributed by atoms with Gasteiger partial charge in [0.25, 0.3) is 0 Å². The summed E-state index contributed by atoms with van der Waals surface area (Å²) in [7, 11) is 0. The second-order valence-corrected chi connectivity index (χ2v) is 4.77. The summed E-state index contributed by atoms with van der Waals surface area (Å²) in [5.41, 5.74) is 7.35. The summed E-state index contributed by atoms with van der Waals surface area (Å²) in [6.45, 7) is 2.17. The van der Waals surface area contributed by atoms with Crippen LogP contribution in [0.2, 0.25) is 0 Å². The van der Waals surface area contributed by atoms with E-state index in [2.05, 4.69) is 9.55 Å². The van der Waals surface area contributed by atoms with Crippen molar-refractivity contribution in [1.29, 1.82) is 0 Å². The number of carbonyl (C=O) groups excluding carboxylic acids is 1. The van der Waals surface area contributed by atoms with Gasteiger partial charge in [0.2, 0.25) is 5.91 Å². The molecule has 1 amide bonds. The number of anilines is 1. The van der Waals surface area contributed by atoms with Crippen molar-refractivity contribution in [2.75, 3.05) is 12.3 Å². The first kappa shape index (κ1) is 17.3. The maximum absolute atomic E-state index is 12.2. The van der Waals surface area contributed by atoms with Crippen molar-refractivity contribution in [3.05, 3.63) is 48.0 Å². The molecule has 114 valence electrons. The molecule has 2 N–H and O–H groups in total. The molecular formula is C14H18Cl2N4O. The van der Waals surface area contributed by atoms with Crippen LogP contribution in [0.25, 0.3) is 0 Å². The number of aromatic nitrogens is 2. The molecule has 0 spiro atoms. The van der Waals surface area contributed by atoms with Gasteiger partial charge in [-0.05, 0) is 17.7 Å². The summed E-state index contributed by atoms with van der Waals surface area (Å²) in [5.74, 6) is 1.09. The lowest BCUT2D eigenvalue weighted by molar-refractivity contribution is -0.132. The van der Waals surface area contributed by atoms with Crippen LogP contribution in [0.4, 0.5) is 5.69 Å². The van der Waals surface area contributed by atoms with Gasteiger partial charge in [0.05, 0.1) is 13.0 Å². The van der Waals surface area contributed by atoms with Gasteiger partial charge in [-0.25, -0.2) is 4.98 Å². The van der Waals surface area contributed by atoms with E-state index in [0.717, 1.165) is 30.2 Å². The van der Waals surface area contributed by atoms with Crippen molar-refractivity contribution < 1.29 is 4.79 Å². The number of rotatable bonds is 2. The minimum absolute atomic E-state index is 0. The van der Waals surface area contributed by atoms with Gasteiger partial charge >= 0.3 is 0 Å². The number of amides is 1. The normalized spacial score (nSPS) is 12.9. The molecule has 1 aliphatic heterocycles. The van der Waals surface area contributed by atoms with E-state index in [9.17, 15) is 4.79 Å². The summed E-state index contributed by atoms with van der Waals surface area (Å²) >= 11 is 0. The summed E-state index contributed by atoms with van der Waals surface area (Å²) in [6, 6.07) is 7.45. The summed E-state index contributed by atoms with van der Waals surface area (Å²) in [6.07, 6.45) is 4.15. The minimum atomic E-state index is 0. The van der Waals surface area contributed by atoms with Gasteiger partial charge in [-0.1, -0.05) is 12.1 Å². The van der Waals surface area contributed by atoms with E-state index in [1.165, 1.54) is 0 Å². The standard InChI is InChI=1S/C14H16N4O.2ClH/c15-12-3-1-11(2-4-12)9-14(19)18-8-7-17-6-5-16-13(17)10-18;;/h1-6H,7-10,15H2;2*1H. The van der Waals surface area contributed by atoms with Gasteiger partial charge in [-0.15, -0.1) is 24.8 Å². The van der Waals surface area contributed by atoms with Crippen LogP contribution in [0.1, 0.15) is 11.4 Å². The molecule has 0 radical (unpaired) electrons. The van der Waals surface area contributed by atoms with Gasteiger partial charge in [0.1, 0.15) is 5.82 Å². The topological polar surface area (TPSA) is 64.2 Å². The van der Waals surface area contributed by atoms with Gasteiger partial charge in [0.15, 0.2) is 0 Å². The highest BCUT2D eigenvalue weighted by molar-refractivity contribution is 5.85. The zero-order valence-electron chi connectivity index (χ0n) is 11.4. The molecule has 0 aliphatic carbocycles. The van der Waals surface area contributed by atoms with Crippen LogP contribution in [0.5, 0.6) is 0 Å². The van der Waals surface area contributed by atoms with E-state index < -0.39 is 0 Å². The number of fused-ring (bicyclic) bond motifs is 1. The first-order chi connectivity index (χ1) is 9.22. The molecule has 0 fully saturated rings. The van der Waals surface area contributed by atoms with Crippen molar-refractivity contribution in [2.45, 2.75) is 19.5 Å². The van der Waals surface area contributed by atoms with Crippen LogP contribution in [-0.4, -0.2) is 26.9 Å². The molecule has 0 bridgehead atoms. The zero-order valence-corrected chi connectivity index (χ0v) is 13.1. The highest BCUT2D eigenvalue weighted by Gasteiger charge is 2.20. The van der Waals surface area contributed by atoms with E-state index in [4.69, 9.17) is 5.73 Å². The lowest BCUT2D eigenvalue weighted by Gasteiger charge is -2.27. The molecule has 21 heavy (non-hydrogen) atoms. The third kappa shape index (κ3) is 3.89. The third-order valence-corrected chi connectivity index (χ3v) is 3.43. The molecule has 3 rings (SSSR count). The van der Waals surface area contributed by atoms with Crippen LogP contribution in [0, 0.1) is 0 Å². The SMILES string of the molecule is Cl.Cl.Nc1ccc(CC(=O)N2CCn3ccnc3C2)cc1. The zero-order chi connectivity index (χ0) is 13.2. The van der Waals surface area contributed by atoms with Crippen molar-refractivity contribution >= 4 is 36.4 Å². The van der Waals surface area contributed by atoms with Gasteiger partial charge < -0.3 is 15.2 Å². The number of hydrogen-bond donors (Lipinski definition) is 1. The van der Waals surface area contributed by atoms with Gasteiger partial charge in [-0.2, -0.15) is 0 Å². The highest BCUT2D eigenvalue weighted by Crippen LogP contribution is 2.13. The van der Waals surface area contributed by atoms with Crippen LogP contribution in [-0.2, 0) is 24.3 Å². The molecule has 1 aliphatic rings. The van der Waals surface area contributed by atoms with E-state index in [1.54, 1.807) is 6.20 Å². The van der Waals surface area contributed by atoms with Crippen LogP contribution in [0.3, 0.4) is 0 Å². The number of nitrogens with zero attached hydrogens (tertiary/aromatic N) is 3. The molecule has 0 saturated heterocycles. The van der Waals surface area contributed by atoms with E-state index in [-0.39, 0.29) is 30.7 Å². The number of carbonyl (C=O) groups is 1. The van der Waals surface area contributed by atoms with Crippen LogP contribution < -0.4 is 5.73 Å². The summed E-state index contributed by atoms with van der Waals surface area (Å²) < 4.78 is 2.09. The maximum Gasteiger partial charge on any atom is 0.227 e. The molecule has 2 heterocycles. The quantitative estimate of drug-likeness (QED) is 0.856. The molecule has 7 heteroatoms. The first-order valence-corrected chi connectivity index (χ1v) is 6.34. The fourth-order valence-corrected chi connectivity index (χ4v) is 2.31. The van der Waals surface area contributed by atoms with E-state index in [1.807, 2.05) is 35.4 Å². The fraction of sp³-hybridized carbons (Fsp3) is 0.286. The fourth-order valence-electron chi connectivity index (χ4n) is 2.31. The third-order valence-electron chi connectivity index (χ3n) is 3.43. The molecule has 0 saturated carbocycles. The maximum atomic E-state index is 12.2. The minimum Gasteiger partial charge on any atom is -0.399 e. The molecule has 0 atom stereocenters. The van der Waals surface area contributed by atoms with Crippen molar-refractivity contribution in [1.82, 2.24) is 14.5 Å². The molecule has 2 aromatic rings. The molecule has 0 unspecified atom stereocenters. The average molecular weight is 329 g/mol. The Hall–Kier alpha value is -1.72. The lowest BCUT2D eigenvalue weighted by Crippen LogP contribution is -2.39. The Bertz CT molecular complexity index is 597. The average Bonchev–Trinajstić information content (AvgIpc) is 2.88. The monoisotopic (exact) mass is 328 g/mol. The van der Waals surface area contributed by atoms with Crippen molar-refractivity contribution in [2.24, 2.45) is 0 Å². The summed E-state index contributed by atoms with van der Waals surface area (Å²) in [4.78, 5) is 18.4. The van der Waals surface area contributed by atoms with E-state index in [0.29, 0.717) is 13.0 Å². The predicted octanol–water partition coefficient (Wildman–Crippen LogP) is 1.89. The van der Waals surface area contributed by atoms with Gasteiger partial charge in [0, 0.05) is 31.2 Å². The Morgan fingerprint density at radius 1 is 1.19 bits per heavy atom. The van der Waals surface area contributed by atoms with Gasteiger partial charge in [-0.3, -0.25) is 4.79 Å². The van der Waals surface area contributed by atoms with Crippen LogP contribution in [0.15, 0.2) is 36.7 Å². The number of nitrogen functional groups attached to an aromatic ring is 1. The number of imidazole rings is 1. The molecule has 1 aromatic carbocycles. The Balaban J connectivity index is 0.00000110. The Labute approximate surface area is 136 Å². The lowest BCUT2D eigenvalue weighted by atomic mass is 10.1. The largest absolute Gasteiger partial charge is 0.399 e.